The molecule has 3 aromatic rings. The van der Waals surface area contributed by atoms with Crippen molar-refractivity contribution in [3.63, 3.8) is 0 Å². The predicted molar refractivity (Wildman–Crippen MR) is 120 cm³/mol. The van der Waals surface area contributed by atoms with Gasteiger partial charge in [0, 0.05) is 36.5 Å². The average Bonchev–Trinajstić information content (AvgIpc) is 3.50. The summed E-state index contributed by atoms with van der Waals surface area (Å²) in [6.07, 6.45) is 8.90. The third-order valence-electron chi connectivity index (χ3n) is 5.83. The van der Waals surface area contributed by atoms with Crippen molar-refractivity contribution in [2.45, 2.75) is 25.3 Å². The van der Waals surface area contributed by atoms with Crippen molar-refractivity contribution in [2.24, 2.45) is 5.92 Å². The van der Waals surface area contributed by atoms with E-state index in [4.69, 9.17) is 0 Å². The van der Waals surface area contributed by atoms with Gasteiger partial charge in [-0.1, -0.05) is 6.07 Å². The van der Waals surface area contributed by atoms with Crippen molar-refractivity contribution in [3.8, 4) is 28.1 Å². The number of anilines is 1. The normalized spacial score (nSPS) is 20.6. The maximum absolute atomic E-state index is 10.4. The van der Waals surface area contributed by atoms with Gasteiger partial charge in [0.25, 0.3) is 0 Å². The van der Waals surface area contributed by atoms with Crippen LogP contribution in [0.2, 0.25) is 0 Å². The molecule has 2 aromatic heterocycles. The maximum atomic E-state index is 10.4. The minimum absolute atomic E-state index is 0. The van der Waals surface area contributed by atoms with Gasteiger partial charge in [0.15, 0.2) is 0 Å². The Hall–Kier alpha value is -2.42. The number of aromatic amines is 1. The summed E-state index contributed by atoms with van der Waals surface area (Å²) in [7, 11) is 0. The summed E-state index contributed by atoms with van der Waals surface area (Å²) in [6, 6.07) is 6.09. The third kappa shape index (κ3) is 4.35. The summed E-state index contributed by atoms with van der Waals surface area (Å²) in [5.74, 6) is 1.47. The molecule has 2 saturated heterocycles. The predicted octanol–water partition coefficient (Wildman–Crippen LogP) is 3.06. The van der Waals surface area contributed by atoms with E-state index in [9.17, 15) is 5.11 Å². The largest absolute Gasteiger partial charge is 0.507 e. The maximum Gasteiger partial charge on any atom is 0.245 e. The molecule has 2 unspecified atom stereocenters. The minimum Gasteiger partial charge on any atom is -0.507 e. The zero-order chi connectivity index (χ0) is 18.9. The molecule has 8 nitrogen and oxygen atoms in total. The second kappa shape index (κ2) is 9.59. The van der Waals surface area contributed by atoms with Crippen LogP contribution in [0.4, 0.5) is 5.95 Å². The molecule has 5 rings (SSSR count). The Morgan fingerprint density at radius 3 is 2.63 bits per heavy atom. The van der Waals surface area contributed by atoms with E-state index >= 15 is 0 Å². The lowest BCUT2D eigenvalue weighted by Crippen LogP contribution is -2.33. The molecule has 0 spiro atoms. The Bertz CT molecular complexity index is 946. The molecule has 3 N–H and O–H groups in total. The van der Waals surface area contributed by atoms with Gasteiger partial charge < -0.3 is 15.3 Å². The molecular formula is C20H25Cl2N7O. The number of aromatic hydroxyl groups is 1. The second-order valence-electron chi connectivity index (χ2n) is 7.56. The quantitative estimate of drug-likeness (QED) is 0.562. The van der Waals surface area contributed by atoms with Gasteiger partial charge in [-0.25, -0.2) is 4.98 Å². The number of phenols is 1. The first-order valence-electron chi connectivity index (χ1n) is 9.78. The van der Waals surface area contributed by atoms with E-state index < -0.39 is 0 Å². The van der Waals surface area contributed by atoms with Gasteiger partial charge in [-0.15, -0.1) is 35.0 Å². The first-order chi connectivity index (χ1) is 13.8. The molecule has 0 radical (unpaired) electrons. The van der Waals surface area contributed by atoms with Crippen LogP contribution in [0.1, 0.15) is 19.3 Å². The second-order valence-corrected chi connectivity index (χ2v) is 7.56. The van der Waals surface area contributed by atoms with Crippen LogP contribution in [0, 0.1) is 5.92 Å². The van der Waals surface area contributed by atoms with Crippen molar-refractivity contribution in [1.29, 1.82) is 0 Å². The van der Waals surface area contributed by atoms with E-state index in [1.165, 1.54) is 19.3 Å². The van der Waals surface area contributed by atoms with Gasteiger partial charge in [-0.2, -0.15) is 5.10 Å². The Morgan fingerprint density at radius 2 is 1.97 bits per heavy atom. The molecule has 4 heterocycles. The van der Waals surface area contributed by atoms with E-state index in [1.54, 1.807) is 24.7 Å². The fourth-order valence-corrected chi connectivity index (χ4v) is 4.29. The van der Waals surface area contributed by atoms with Gasteiger partial charge in [0.2, 0.25) is 5.95 Å². The lowest BCUT2D eigenvalue weighted by Gasteiger charge is -2.19. The first kappa shape index (κ1) is 22.3. The molecule has 0 amide bonds. The van der Waals surface area contributed by atoms with Crippen molar-refractivity contribution >= 4 is 30.8 Å². The van der Waals surface area contributed by atoms with Gasteiger partial charge in [0.05, 0.1) is 12.4 Å². The molecule has 0 aliphatic carbocycles. The number of aromatic nitrogens is 5. The van der Waals surface area contributed by atoms with Crippen LogP contribution < -0.4 is 10.2 Å². The van der Waals surface area contributed by atoms with E-state index in [2.05, 4.69) is 35.6 Å². The topological polar surface area (TPSA) is 103 Å². The smallest absolute Gasteiger partial charge is 0.245 e. The van der Waals surface area contributed by atoms with Gasteiger partial charge >= 0.3 is 0 Å². The summed E-state index contributed by atoms with van der Waals surface area (Å²) in [4.78, 5) is 6.73. The Morgan fingerprint density at radius 1 is 1.07 bits per heavy atom. The molecular weight excluding hydrogens is 425 g/mol. The standard InChI is InChI=1S/C20H23N7O.2ClH/c28-19-8-13(15-9-23-24-10-15)3-4-16(19)18-11-22-20(26-25-18)27-7-5-14(12-27)17-2-1-6-21-17;;/h3-4,8-11,14,17,21,28H,1-2,5-7,12H2,(H,23,24);2*1H. The molecule has 0 bridgehead atoms. The molecule has 0 saturated carbocycles. The average molecular weight is 450 g/mol. The number of hydrogen-bond donors (Lipinski definition) is 3. The zero-order valence-electron chi connectivity index (χ0n) is 16.4. The number of H-pyrrole nitrogens is 1. The highest BCUT2D eigenvalue weighted by Gasteiger charge is 2.32. The summed E-state index contributed by atoms with van der Waals surface area (Å²) < 4.78 is 0. The number of benzene rings is 1. The van der Waals surface area contributed by atoms with Gasteiger partial charge in [0.1, 0.15) is 11.4 Å². The summed E-state index contributed by atoms with van der Waals surface area (Å²) in [5, 5.41) is 29.4. The van der Waals surface area contributed by atoms with Crippen molar-refractivity contribution < 1.29 is 5.11 Å². The molecule has 2 aliphatic rings. The molecule has 2 aliphatic heterocycles. The molecule has 2 atom stereocenters. The summed E-state index contributed by atoms with van der Waals surface area (Å²) in [5.41, 5.74) is 2.99. The monoisotopic (exact) mass is 449 g/mol. The number of nitrogens with zero attached hydrogens (tertiary/aromatic N) is 5. The fourth-order valence-electron chi connectivity index (χ4n) is 4.29. The third-order valence-corrected chi connectivity index (χ3v) is 5.83. The molecule has 10 heteroatoms. The fraction of sp³-hybridized carbons (Fsp3) is 0.400. The highest BCUT2D eigenvalue weighted by atomic mass is 35.5. The van der Waals surface area contributed by atoms with Crippen LogP contribution in [-0.2, 0) is 0 Å². The SMILES string of the molecule is Cl.Cl.Oc1cc(-c2cn[nH]c2)ccc1-c1cnc(N2CCC(C3CCCN3)C2)nn1. The van der Waals surface area contributed by atoms with Gasteiger partial charge in [-0.3, -0.25) is 5.10 Å². The molecule has 30 heavy (non-hydrogen) atoms. The first-order valence-corrected chi connectivity index (χ1v) is 9.78. The molecule has 1 aromatic carbocycles. The minimum atomic E-state index is 0. The molecule has 160 valence electrons. The summed E-state index contributed by atoms with van der Waals surface area (Å²) in [6.45, 7) is 3.08. The highest BCUT2D eigenvalue weighted by Crippen LogP contribution is 2.32. The number of halogens is 2. The van der Waals surface area contributed by atoms with Crippen LogP contribution >= 0.6 is 24.8 Å². The lowest BCUT2D eigenvalue weighted by atomic mass is 9.98. The number of rotatable bonds is 4. The van der Waals surface area contributed by atoms with E-state index in [-0.39, 0.29) is 30.6 Å². The number of nitrogens with one attached hydrogen (secondary N) is 2. The van der Waals surface area contributed by atoms with Crippen molar-refractivity contribution in [2.75, 3.05) is 24.5 Å². The van der Waals surface area contributed by atoms with Crippen LogP contribution in [0.25, 0.3) is 22.4 Å². The van der Waals surface area contributed by atoms with E-state index in [1.807, 2.05) is 12.1 Å². The van der Waals surface area contributed by atoms with Crippen LogP contribution in [0.15, 0.2) is 36.8 Å². The van der Waals surface area contributed by atoms with E-state index in [0.29, 0.717) is 29.2 Å². The van der Waals surface area contributed by atoms with Crippen LogP contribution in [0.3, 0.4) is 0 Å². The van der Waals surface area contributed by atoms with Gasteiger partial charge in [-0.05, 0) is 49.4 Å². The molecule has 2 fully saturated rings. The summed E-state index contributed by atoms with van der Waals surface area (Å²) >= 11 is 0. The van der Waals surface area contributed by atoms with Crippen molar-refractivity contribution in [3.05, 3.63) is 36.8 Å². The zero-order valence-corrected chi connectivity index (χ0v) is 18.0. The Kier molecular flexibility index (Phi) is 7.12. The Labute approximate surface area is 187 Å². The number of phenolic OH excluding ortho intramolecular Hbond substituents is 1. The Balaban J connectivity index is 0.00000128. The van der Waals surface area contributed by atoms with Crippen LogP contribution in [0.5, 0.6) is 5.75 Å². The van der Waals surface area contributed by atoms with Crippen LogP contribution in [-0.4, -0.2) is 56.2 Å². The van der Waals surface area contributed by atoms with Crippen molar-refractivity contribution in [1.82, 2.24) is 30.7 Å². The van der Waals surface area contributed by atoms with E-state index in [0.717, 1.165) is 30.8 Å². The lowest BCUT2D eigenvalue weighted by molar-refractivity contribution is 0.422. The number of hydrogen-bond acceptors (Lipinski definition) is 7. The highest BCUT2D eigenvalue weighted by molar-refractivity contribution is 5.85.